The standard InChI is InChI=1S/C18H30N2/c1-4-14-19-15(3)16-10-12-18(13-11-16)20(5-2)17-8-6-7-9-17/h10-13,15,17,19H,4-9,14H2,1-3H3. The van der Waals surface area contributed by atoms with Gasteiger partial charge in [-0.2, -0.15) is 0 Å². The van der Waals surface area contributed by atoms with Gasteiger partial charge in [-0.15, -0.1) is 0 Å². The minimum Gasteiger partial charge on any atom is -0.369 e. The van der Waals surface area contributed by atoms with Crippen molar-refractivity contribution >= 4 is 5.69 Å². The molecule has 1 N–H and O–H groups in total. The molecule has 2 nitrogen and oxygen atoms in total. The van der Waals surface area contributed by atoms with Crippen LogP contribution in [0.5, 0.6) is 0 Å². The fraction of sp³-hybridized carbons (Fsp3) is 0.667. The molecule has 0 amide bonds. The summed E-state index contributed by atoms with van der Waals surface area (Å²) < 4.78 is 0. The molecule has 0 heterocycles. The van der Waals surface area contributed by atoms with Crippen LogP contribution in [0.4, 0.5) is 5.69 Å². The summed E-state index contributed by atoms with van der Waals surface area (Å²) in [5, 5.41) is 3.55. The molecule has 1 atom stereocenters. The second-order valence-corrected chi connectivity index (χ2v) is 5.99. The predicted octanol–water partition coefficient (Wildman–Crippen LogP) is 4.52. The van der Waals surface area contributed by atoms with Gasteiger partial charge in [0, 0.05) is 24.3 Å². The van der Waals surface area contributed by atoms with Gasteiger partial charge in [0.2, 0.25) is 0 Å². The lowest BCUT2D eigenvalue weighted by molar-refractivity contribution is 0.570. The number of benzene rings is 1. The van der Waals surface area contributed by atoms with E-state index in [4.69, 9.17) is 0 Å². The topological polar surface area (TPSA) is 15.3 Å². The zero-order chi connectivity index (χ0) is 14.4. The van der Waals surface area contributed by atoms with Crippen LogP contribution in [0.2, 0.25) is 0 Å². The van der Waals surface area contributed by atoms with Gasteiger partial charge < -0.3 is 10.2 Å². The highest BCUT2D eigenvalue weighted by molar-refractivity contribution is 5.49. The molecule has 0 aliphatic heterocycles. The van der Waals surface area contributed by atoms with Crippen molar-refractivity contribution < 1.29 is 0 Å². The largest absolute Gasteiger partial charge is 0.369 e. The summed E-state index contributed by atoms with van der Waals surface area (Å²) in [6.45, 7) is 8.94. The maximum Gasteiger partial charge on any atom is 0.0368 e. The minimum atomic E-state index is 0.450. The van der Waals surface area contributed by atoms with Crippen molar-refractivity contribution in [3.63, 3.8) is 0 Å². The van der Waals surface area contributed by atoms with Crippen molar-refractivity contribution in [1.29, 1.82) is 0 Å². The molecule has 0 bridgehead atoms. The SMILES string of the molecule is CCCNC(C)c1ccc(N(CC)C2CCCC2)cc1. The third-order valence-corrected chi connectivity index (χ3v) is 4.53. The molecule has 0 radical (unpaired) electrons. The van der Waals surface area contributed by atoms with E-state index in [1.165, 1.54) is 43.4 Å². The van der Waals surface area contributed by atoms with E-state index in [0.29, 0.717) is 6.04 Å². The smallest absolute Gasteiger partial charge is 0.0368 e. The number of nitrogens with one attached hydrogen (secondary N) is 1. The van der Waals surface area contributed by atoms with E-state index in [-0.39, 0.29) is 0 Å². The van der Waals surface area contributed by atoms with E-state index in [2.05, 4.69) is 55.3 Å². The summed E-state index contributed by atoms with van der Waals surface area (Å²) in [5.74, 6) is 0. The highest BCUT2D eigenvalue weighted by Gasteiger charge is 2.21. The van der Waals surface area contributed by atoms with Gasteiger partial charge in [0.25, 0.3) is 0 Å². The lowest BCUT2D eigenvalue weighted by Gasteiger charge is -2.30. The van der Waals surface area contributed by atoms with Crippen LogP contribution in [0.15, 0.2) is 24.3 Å². The number of anilines is 1. The van der Waals surface area contributed by atoms with Crippen molar-refractivity contribution in [3.05, 3.63) is 29.8 Å². The molecule has 0 aromatic heterocycles. The number of hydrogen-bond donors (Lipinski definition) is 1. The van der Waals surface area contributed by atoms with E-state index in [9.17, 15) is 0 Å². The quantitative estimate of drug-likeness (QED) is 0.786. The van der Waals surface area contributed by atoms with E-state index in [1.807, 2.05) is 0 Å². The summed E-state index contributed by atoms with van der Waals surface area (Å²) in [5.41, 5.74) is 2.79. The minimum absolute atomic E-state index is 0.450. The number of hydrogen-bond acceptors (Lipinski definition) is 2. The van der Waals surface area contributed by atoms with Crippen LogP contribution >= 0.6 is 0 Å². The first-order valence-corrected chi connectivity index (χ1v) is 8.36. The van der Waals surface area contributed by atoms with E-state index in [0.717, 1.165) is 19.1 Å². The van der Waals surface area contributed by atoms with Gasteiger partial charge in [0.1, 0.15) is 0 Å². The Labute approximate surface area is 124 Å². The summed E-state index contributed by atoms with van der Waals surface area (Å²) in [6.07, 6.45) is 6.72. The molecule has 1 aromatic carbocycles. The third kappa shape index (κ3) is 3.76. The summed E-state index contributed by atoms with van der Waals surface area (Å²) in [4.78, 5) is 2.58. The maximum atomic E-state index is 3.55. The van der Waals surface area contributed by atoms with Gasteiger partial charge >= 0.3 is 0 Å². The molecule has 1 fully saturated rings. The number of rotatable bonds is 7. The number of nitrogens with zero attached hydrogens (tertiary/aromatic N) is 1. The Hall–Kier alpha value is -1.02. The molecule has 112 valence electrons. The first-order valence-electron chi connectivity index (χ1n) is 8.36. The van der Waals surface area contributed by atoms with Crippen molar-refractivity contribution in [2.75, 3.05) is 18.0 Å². The molecule has 0 saturated heterocycles. The second kappa shape index (κ2) is 7.68. The van der Waals surface area contributed by atoms with Crippen molar-refractivity contribution in [1.82, 2.24) is 5.32 Å². The monoisotopic (exact) mass is 274 g/mol. The Kier molecular flexibility index (Phi) is 5.90. The summed E-state index contributed by atoms with van der Waals surface area (Å²) in [6, 6.07) is 10.4. The molecule has 1 unspecified atom stereocenters. The van der Waals surface area contributed by atoms with Crippen LogP contribution in [0.25, 0.3) is 0 Å². The van der Waals surface area contributed by atoms with Crippen LogP contribution in [0, 0.1) is 0 Å². The zero-order valence-electron chi connectivity index (χ0n) is 13.4. The van der Waals surface area contributed by atoms with Crippen LogP contribution in [-0.2, 0) is 0 Å². The molecular formula is C18H30N2. The summed E-state index contributed by atoms with van der Waals surface area (Å²) >= 11 is 0. The highest BCUT2D eigenvalue weighted by atomic mass is 15.2. The average Bonchev–Trinajstić information content (AvgIpc) is 3.00. The van der Waals surface area contributed by atoms with Gasteiger partial charge in [0.15, 0.2) is 0 Å². The fourth-order valence-electron chi connectivity index (χ4n) is 3.30. The van der Waals surface area contributed by atoms with Crippen molar-refractivity contribution in [2.45, 2.75) is 65.0 Å². The van der Waals surface area contributed by atoms with Gasteiger partial charge in [-0.1, -0.05) is 31.9 Å². The summed E-state index contributed by atoms with van der Waals surface area (Å²) in [7, 11) is 0. The lowest BCUT2D eigenvalue weighted by Crippen LogP contribution is -2.32. The molecular weight excluding hydrogens is 244 g/mol. The lowest BCUT2D eigenvalue weighted by atomic mass is 10.1. The zero-order valence-corrected chi connectivity index (χ0v) is 13.4. The normalized spacial score (nSPS) is 17.4. The Morgan fingerprint density at radius 3 is 2.35 bits per heavy atom. The first kappa shape index (κ1) is 15.4. The highest BCUT2D eigenvalue weighted by Crippen LogP contribution is 2.28. The molecule has 1 aromatic rings. The van der Waals surface area contributed by atoms with Gasteiger partial charge in [0.05, 0.1) is 0 Å². The van der Waals surface area contributed by atoms with E-state index < -0.39 is 0 Å². The van der Waals surface area contributed by atoms with Crippen molar-refractivity contribution in [3.8, 4) is 0 Å². The molecule has 1 saturated carbocycles. The van der Waals surface area contributed by atoms with Crippen molar-refractivity contribution in [2.24, 2.45) is 0 Å². The molecule has 20 heavy (non-hydrogen) atoms. The van der Waals surface area contributed by atoms with Gasteiger partial charge in [-0.25, -0.2) is 0 Å². The third-order valence-electron chi connectivity index (χ3n) is 4.53. The van der Waals surface area contributed by atoms with Crippen LogP contribution in [0.3, 0.4) is 0 Å². The maximum absolute atomic E-state index is 3.55. The van der Waals surface area contributed by atoms with Crippen LogP contribution < -0.4 is 10.2 Å². The predicted molar refractivity (Wildman–Crippen MR) is 88.4 cm³/mol. The van der Waals surface area contributed by atoms with Crippen LogP contribution in [-0.4, -0.2) is 19.1 Å². The molecule has 1 aliphatic rings. The average molecular weight is 274 g/mol. The van der Waals surface area contributed by atoms with Crippen LogP contribution in [0.1, 0.15) is 64.5 Å². The Bertz CT molecular complexity index is 379. The van der Waals surface area contributed by atoms with Gasteiger partial charge in [-0.3, -0.25) is 0 Å². The second-order valence-electron chi connectivity index (χ2n) is 5.99. The van der Waals surface area contributed by atoms with Gasteiger partial charge in [-0.05, 0) is 57.4 Å². The Morgan fingerprint density at radius 1 is 1.15 bits per heavy atom. The molecule has 2 rings (SSSR count). The van der Waals surface area contributed by atoms with E-state index in [1.54, 1.807) is 0 Å². The molecule has 2 heteroatoms. The molecule has 1 aliphatic carbocycles. The molecule has 0 spiro atoms. The van der Waals surface area contributed by atoms with E-state index >= 15 is 0 Å². The first-order chi connectivity index (χ1) is 9.76. The Morgan fingerprint density at radius 2 is 1.80 bits per heavy atom. The fourth-order valence-corrected chi connectivity index (χ4v) is 3.30. The Balaban J connectivity index is 2.02.